The smallest absolute Gasteiger partial charge is 0.342 e. The summed E-state index contributed by atoms with van der Waals surface area (Å²) in [7, 11) is 0. The number of aryl methyl sites for hydroxylation is 1. The minimum atomic E-state index is -0.737. The Kier molecular flexibility index (Phi) is 5.37. The zero-order valence-corrected chi connectivity index (χ0v) is 14.0. The molecule has 6 heteroatoms. The van der Waals surface area contributed by atoms with Crippen molar-refractivity contribution < 1.29 is 19.4 Å². The number of aromatic hydroxyl groups is 1. The summed E-state index contributed by atoms with van der Waals surface area (Å²) in [6, 6.07) is 12.0. The number of esters is 1. The van der Waals surface area contributed by atoms with Crippen molar-refractivity contribution in [1.29, 1.82) is 0 Å². The number of hydrogen-bond acceptors (Lipinski definition) is 4. The van der Waals surface area contributed by atoms with E-state index >= 15 is 0 Å². The number of carbonyl (C=O) groups is 2. The van der Waals surface area contributed by atoms with Gasteiger partial charge in [-0.1, -0.05) is 24.3 Å². The molecule has 5 nitrogen and oxygen atoms in total. The molecule has 0 atom stereocenters. The predicted molar refractivity (Wildman–Crippen MR) is 90.9 cm³/mol. The summed E-state index contributed by atoms with van der Waals surface area (Å²) in [4.78, 5) is 23.7. The average Bonchev–Trinajstić information content (AvgIpc) is 2.50. The SMILES string of the molecule is Cc1cccc(C(=O)OCC(=O)Nc2ccccc2I)c1O. The molecule has 2 aromatic carbocycles. The highest BCUT2D eigenvalue weighted by atomic mass is 127. The molecule has 0 aliphatic heterocycles. The third kappa shape index (κ3) is 3.97. The lowest BCUT2D eigenvalue weighted by Gasteiger charge is -2.09. The van der Waals surface area contributed by atoms with Crippen LogP contribution in [0.4, 0.5) is 5.69 Å². The van der Waals surface area contributed by atoms with Gasteiger partial charge >= 0.3 is 5.97 Å². The van der Waals surface area contributed by atoms with E-state index < -0.39 is 18.5 Å². The van der Waals surface area contributed by atoms with Crippen molar-refractivity contribution in [2.24, 2.45) is 0 Å². The molecule has 2 aromatic rings. The van der Waals surface area contributed by atoms with Crippen molar-refractivity contribution in [2.45, 2.75) is 6.92 Å². The number of para-hydroxylation sites is 2. The monoisotopic (exact) mass is 411 g/mol. The van der Waals surface area contributed by atoms with Gasteiger partial charge in [0.15, 0.2) is 6.61 Å². The zero-order chi connectivity index (χ0) is 16.1. The first-order valence-corrected chi connectivity index (χ1v) is 7.57. The van der Waals surface area contributed by atoms with E-state index in [1.54, 1.807) is 31.2 Å². The van der Waals surface area contributed by atoms with Gasteiger partial charge in [-0.05, 0) is 53.3 Å². The van der Waals surface area contributed by atoms with E-state index in [-0.39, 0.29) is 11.3 Å². The fourth-order valence-corrected chi connectivity index (χ4v) is 2.30. The van der Waals surface area contributed by atoms with Gasteiger partial charge in [0, 0.05) is 3.57 Å². The second kappa shape index (κ2) is 7.26. The van der Waals surface area contributed by atoms with Crippen molar-refractivity contribution in [1.82, 2.24) is 0 Å². The Hall–Kier alpha value is -2.09. The maximum Gasteiger partial charge on any atom is 0.342 e. The predicted octanol–water partition coefficient (Wildman–Crippen LogP) is 3.10. The molecule has 0 fully saturated rings. The summed E-state index contributed by atoms with van der Waals surface area (Å²) < 4.78 is 5.81. The first kappa shape index (κ1) is 16.3. The second-order valence-corrected chi connectivity index (χ2v) is 5.74. The van der Waals surface area contributed by atoms with Crippen LogP contribution in [0.15, 0.2) is 42.5 Å². The van der Waals surface area contributed by atoms with Crippen LogP contribution in [0, 0.1) is 10.5 Å². The molecule has 0 unspecified atom stereocenters. The summed E-state index contributed by atoms with van der Waals surface area (Å²) in [5, 5.41) is 12.5. The summed E-state index contributed by atoms with van der Waals surface area (Å²) in [6.45, 7) is 1.26. The van der Waals surface area contributed by atoms with E-state index in [0.29, 0.717) is 11.3 Å². The third-order valence-electron chi connectivity index (χ3n) is 2.94. The minimum absolute atomic E-state index is 0.0436. The Morgan fingerprint density at radius 1 is 1.18 bits per heavy atom. The molecule has 0 heterocycles. The number of benzene rings is 2. The molecule has 0 aromatic heterocycles. The number of anilines is 1. The zero-order valence-electron chi connectivity index (χ0n) is 11.8. The number of carbonyl (C=O) groups excluding carboxylic acids is 2. The van der Waals surface area contributed by atoms with Crippen LogP contribution in [-0.4, -0.2) is 23.6 Å². The van der Waals surface area contributed by atoms with E-state index in [9.17, 15) is 14.7 Å². The molecule has 0 aliphatic rings. The van der Waals surface area contributed by atoms with Crippen molar-refractivity contribution >= 4 is 40.2 Å². The summed E-state index contributed by atoms with van der Waals surface area (Å²) in [5.74, 6) is -1.31. The van der Waals surface area contributed by atoms with Crippen LogP contribution < -0.4 is 5.32 Å². The molecule has 0 saturated heterocycles. The summed E-state index contributed by atoms with van der Waals surface area (Å²) in [5.41, 5.74) is 1.27. The van der Waals surface area contributed by atoms with Gasteiger partial charge < -0.3 is 15.2 Å². The number of hydrogen-bond donors (Lipinski definition) is 2. The van der Waals surface area contributed by atoms with Gasteiger partial charge in [0.25, 0.3) is 5.91 Å². The van der Waals surface area contributed by atoms with Crippen LogP contribution in [-0.2, 0) is 9.53 Å². The van der Waals surface area contributed by atoms with E-state index in [1.807, 2.05) is 12.1 Å². The van der Waals surface area contributed by atoms with E-state index in [0.717, 1.165) is 3.57 Å². The fraction of sp³-hybridized carbons (Fsp3) is 0.125. The molecule has 0 saturated carbocycles. The highest BCUT2D eigenvalue weighted by Crippen LogP contribution is 2.22. The van der Waals surface area contributed by atoms with Gasteiger partial charge in [-0.25, -0.2) is 4.79 Å². The number of amides is 1. The highest BCUT2D eigenvalue weighted by Gasteiger charge is 2.15. The van der Waals surface area contributed by atoms with Crippen LogP contribution in [0.25, 0.3) is 0 Å². The standard InChI is InChI=1S/C16H14INO4/c1-10-5-4-6-11(15(10)20)16(21)22-9-14(19)18-13-8-3-2-7-12(13)17/h2-8,20H,9H2,1H3,(H,18,19). The molecule has 0 spiro atoms. The maximum absolute atomic E-state index is 11.9. The number of ether oxygens (including phenoxy) is 1. The van der Waals surface area contributed by atoms with Crippen LogP contribution in [0.5, 0.6) is 5.75 Å². The molecule has 2 rings (SSSR count). The molecule has 0 aliphatic carbocycles. The molecule has 0 radical (unpaired) electrons. The Balaban J connectivity index is 1.95. The largest absolute Gasteiger partial charge is 0.507 e. The van der Waals surface area contributed by atoms with E-state index in [4.69, 9.17) is 4.74 Å². The topological polar surface area (TPSA) is 75.6 Å². The van der Waals surface area contributed by atoms with Gasteiger partial charge in [0.2, 0.25) is 0 Å². The third-order valence-corrected chi connectivity index (χ3v) is 3.88. The Morgan fingerprint density at radius 3 is 2.64 bits per heavy atom. The van der Waals surface area contributed by atoms with Crippen molar-refractivity contribution in [3.63, 3.8) is 0 Å². The normalized spacial score (nSPS) is 10.1. The molecule has 1 amide bonds. The fourth-order valence-electron chi connectivity index (χ4n) is 1.78. The van der Waals surface area contributed by atoms with Gasteiger partial charge in [0.1, 0.15) is 11.3 Å². The highest BCUT2D eigenvalue weighted by molar-refractivity contribution is 14.1. The van der Waals surface area contributed by atoms with E-state index in [1.165, 1.54) is 6.07 Å². The number of nitrogens with one attached hydrogen (secondary N) is 1. The molecular weight excluding hydrogens is 397 g/mol. The first-order valence-electron chi connectivity index (χ1n) is 6.49. The first-order chi connectivity index (χ1) is 10.5. The molecule has 114 valence electrons. The molecule has 2 N–H and O–H groups in total. The van der Waals surface area contributed by atoms with Gasteiger partial charge in [-0.2, -0.15) is 0 Å². The quantitative estimate of drug-likeness (QED) is 0.599. The van der Waals surface area contributed by atoms with Gasteiger partial charge in [-0.15, -0.1) is 0 Å². The average molecular weight is 411 g/mol. The molecule has 0 bridgehead atoms. The lowest BCUT2D eigenvalue weighted by molar-refractivity contribution is -0.119. The summed E-state index contributed by atoms with van der Waals surface area (Å²) >= 11 is 2.10. The number of rotatable bonds is 4. The second-order valence-electron chi connectivity index (χ2n) is 4.58. The maximum atomic E-state index is 11.9. The molecular formula is C16H14INO4. The number of phenols is 1. The van der Waals surface area contributed by atoms with Crippen LogP contribution in [0.3, 0.4) is 0 Å². The van der Waals surface area contributed by atoms with Crippen molar-refractivity contribution in [2.75, 3.05) is 11.9 Å². The molecule has 22 heavy (non-hydrogen) atoms. The lowest BCUT2D eigenvalue weighted by Crippen LogP contribution is -2.21. The Bertz CT molecular complexity index is 715. The van der Waals surface area contributed by atoms with E-state index in [2.05, 4.69) is 27.9 Å². The van der Waals surface area contributed by atoms with Gasteiger partial charge in [-0.3, -0.25) is 4.79 Å². The van der Waals surface area contributed by atoms with Crippen molar-refractivity contribution in [3.05, 3.63) is 57.2 Å². The Labute approximate surface area is 141 Å². The van der Waals surface area contributed by atoms with Crippen LogP contribution >= 0.6 is 22.6 Å². The lowest BCUT2D eigenvalue weighted by atomic mass is 10.1. The number of phenolic OH excluding ortho intramolecular Hbond substituents is 1. The van der Waals surface area contributed by atoms with Gasteiger partial charge in [0.05, 0.1) is 5.69 Å². The Morgan fingerprint density at radius 2 is 1.91 bits per heavy atom. The van der Waals surface area contributed by atoms with Crippen molar-refractivity contribution in [3.8, 4) is 5.75 Å². The van der Waals surface area contributed by atoms with Crippen LogP contribution in [0.2, 0.25) is 0 Å². The minimum Gasteiger partial charge on any atom is -0.507 e. The summed E-state index contributed by atoms with van der Waals surface area (Å²) in [6.07, 6.45) is 0. The number of halogens is 1. The van der Waals surface area contributed by atoms with Crippen LogP contribution in [0.1, 0.15) is 15.9 Å².